The molecule has 2 aliphatic carbocycles. The number of aliphatic carboxylic acids is 1. The van der Waals surface area contributed by atoms with Crippen molar-refractivity contribution in [3.05, 3.63) is 36.5 Å². The lowest BCUT2D eigenvalue weighted by Gasteiger charge is -2.34. The van der Waals surface area contributed by atoms with Crippen molar-refractivity contribution < 1.29 is 33.8 Å². The molecule has 3 fully saturated rings. The highest BCUT2D eigenvalue weighted by Crippen LogP contribution is 2.37. The lowest BCUT2D eigenvalue weighted by Crippen LogP contribution is -2.60. The highest BCUT2D eigenvalue weighted by molar-refractivity contribution is 5.97. The average Bonchev–Trinajstić information content (AvgIpc) is 3.68. The van der Waals surface area contributed by atoms with E-state index in [4.69, 9.17) is 4.74 Å². The van der Waals surface area contributed by atoms with E-state index in [9.17, 15) is 29.1 Å². The topological polar surface area (TPSA) is 167 Å². The second-order valence-corrected chi connectivity index (χ2v) is 13.0. The molecule has 1 aromatic carbocycles. The van der Waals surface area contributed by atoms with Crippen LogP contribution in [-0.4, -0.2) is 80.9 Å². The predicted octanol–water partition coefficient (Wildman–Crippen LogP) is 2.54. The molecule has 1 aliphatic heterocycles. The lowest BCUT2D eigenvalue weighted by atomic mass is 9.83. The molecule has 2 aromatic rings. The molecule has 0 unspecified atom stereocenters. The van der Waals surface area contributed by atoms with Crippen molar-refractivity contribution in [2.24, 2.45) is 11.8 Å². The van der Waals surface area contributed by atoms with Gasteiger partial charge in [-0.25, -0.2) is 4.79 Å². The molecule has 12 heteroatoms. The molecule has 0 radical (unpaired) electrons. The number of nitrogens with zero attached hydrogens (tertiary/aromatic N) is 2. The van der Waals surface area contributed by atoms with Crippen molar-refractivity contribution in [2.75, 3.05) is 6.54 Å². The van der Waals surface area contributed by atoms with E-state index in [1.807, 2.05) is 38.1 Å². The molecule has 0 bridgehead atoms. The summed E-state index contributed by atoms with van der Waals surface area (Å²) < 4.78 is 6.36. The highest BCUT2D eigenvalue weighted by Gasteiger charge is 2.54. The third kappa shape index (κ3) is 7.20. The van der Waals surface area contributed by atoms with Gasteiger partial charge in [-0.3, -0.25) is 24.2 Å². The van der Waals surface area contributed by atoms with E-state index in [0.29, 0.717) is 18.6 Å². The standard InChI is InChI=1S/C33H43N5O7/c1-19(2)27(36-30(41)28(35-20(3)39)21-9-5-4-6-10-21)31(42)38-18-22(17-25(38)29(40)37-33(14-15-33)32(43)44)45-26-13-16-34-24-12-8-7-11-23(24)26/h7-8,11-13,16,19,21-22,25,27-28H,4-6,9-10,14-15,17-18H2,1-3H3,(H,35,39)(H,36,41)(H,37,40)(H,43,44)/t22-,25+,27+,28+/m1/s1. The summed E-state index contributed by atoms with van der Waals surface area (Å²) in [7, 11) is 0. The number of amides is 4. The second-order valence-electron chi connectivity index (χ2n) is 13.0. The summed E-state index contributed by atoms with van der Waals surface area (Å²) in [5.74, 6) is -2.70. The predicted molar refractivity (Wildman–Crippen MR) is 165 cm³/mol. The fourth-order valence-electron chi connectivity index (χ4n) is 6.58. The summed E-state index contributed by atoms with van der Waals surface area (Å²) in [6.07, 6.45) is 6.45. The van der Waals surface area contributed by atoms with E-state index in [1.165, 1.54) is 11.8 Å². The number of carbonyl (C=O) groups is 5. The Morgan fingerprint density at radius 1 is 1.02 bits per heavy atom. The van der Waals surface area contributed by atoms with Crippen LogP contribution in [0.1, 0.15) is 72.1 Å². The molecule has 5 rings (SSSR count). The Morgan fingerprint density at radius 3 is 2.38 bits per heavy atom. The number of carboxylic acid groups (broad SMARTS) is 1. The number of nitrogens with one attached hydrogen (secondary N) is 3. The molecular formula is C33H43N5O7. The van der Waals surface area contributed by atoms with Crippen LogP contribution in [0.4, 0.5) is 0 Å². The first-order valence-corrected chi connectivity index (χ1v) is 15.9. The average molecular weight is 622 g/mol. The normalized spacial score (nSPS) is 22.4. The number of hydrogen-bond donors (Lipinski definition) is 4. The van der Waals surface area contributed by atoms with Crippen LogP contribution in [0.2, 0.25) is 0 Å². The van der Waals surface area contributed by atoms with Crippen LogP contribution in [0.25, 0.3) is 10.9 Å². The van der Waals surface area contributed by atoms with E-state index in [0.717, 1.165) is 43.0 Å². The molecule has 2 saturated carbocycles. The number of benzene rings is 1. The van der Waals surface area contributed by atoms with Crippen LogP contribution in [0.15, 0.2) is 36.5 Å². The van der Waals surface area contributed by atoms with Gasteiger partial charge in [0.1, 0.15) is 35.5 Å². The Morgan fingerprint density at radius 2 is 1.73 bits per heavy atom. The van der Waals surface area contributed by atoms with Crippen LogP contribution in [0.5, 0.6) is 5.75 Å². The van der Waals surface area contributed by atoms with Crippen LogP contribution >= 0.6 is 0 Å². The third-order valence-electron chi connectivity index (χ3n) is 9.27. The number of ether oxygens (including phenoxy) is 1. The first kappa shape index (κ1) is 32.2. The van der Waals surface area contributed by atoms with Gasteiger partial charge in [0.15, 0.2) is 0 Å². The number of likely N-dealkylation sites (tertiary alicyclic amines) is 1. The Labute approximate surface area is 262 Å². The number of para-hydroxylation sites is 1. The Hall–Kier alpha value is -4.22. The number of rotatable bonds is 11. The summed E-state index contributed by atoms with van der Waals surface area (Å²) in [4.78, 5) is 71.2. The molecule has 12 nitrogen and oxygen atoms in total. The molecule has 2 heterocycles. The van der Waals surface area contributed by atoms with Crippen molar-refractivity contribution >= 4 is 40.5 Å². The molecule has 1 saturated heterocycles. The highest BCUT2D eigenvalue weighted by atomic mass is 16.5. The largest absolute Gasteiger partial charge is 0.488 e. The van der Waals surface area contributed by atoms with Crippen molar-refractivity contribution in [3.8, 4) is 5.75 Å². The smallest absolute Gasteiger partial charge is 0.329 e. The fraction of sp³-hybridized carbons (Fsp3) is 0.576. The summed E-state index contributed by atoms with van der Waals surface area (Å²) in [6, 6.07) is 6.46. The summed E-state index contributed by atoms with van der Waals surface area (Å²) in [5, 5.41) is 18.9. The molecule has 0 spiro atoms. The van der Waals surface area contributed by atoms with Crippen molar-refractivity contribution in [3.63, 3.8) is 0 Å². The maximum atomic E-state index is 14.2. The molecule has 45 heavy (non-hydrogen) atoms. The monoisotopic (exact) mass is 621 g/mol. The number of aromatic nitrogens is 1. The molecule has 242 valence electrons. The SMILES string of the molecule is CC(=O)N[C@H](C(=O)N[C@H](C(=O)N1C[C@H](Oc2ccnc3ccccc23)C[C@H]1C(=O)NC1(C(=O)O)CC1)C(C)C)C1CCCCC1. The number of hydrogen-bond acceptors (Lipinski definition) is 7. The third-order valence-corrected chi connectivity index (χ3v) is 9.27. The second kappa shape index (κ2) is 13.4. The van der Waals surface area contributed by atoms with Crippen LogP contribution in [0.3, 0.4) is 0 Å². The fourth-order valence-corrected chi connectivity index (χ4v) is 6.58. The van der Waals surface area contributed by atoms with E-state index in [1.54, 1.807) is 12.3 Å². The zero-order chi connectivity index (χ0) is 32.3. The number of carboxylic acids is 1. The summed E-state index contributed by atoms with van der Waals surface area (Å²) in [6.45, 7) is 5.05. The summed E-state index contributed by atoms with van der Waals surface area (Å²) in [5.41, 5.74) is -0.592. The maximum absolute atomic E-state index is 14.2. The van der Waals surface area contributed by atoms with Gasteiger partial charge in [-0.15, -0.1) is 0 Å². The zero-order valence-corrected chi connectivity index (χ0v) is 26.1. The van der Waals surface area contributed by atoms with E-state index in [2.05, 4.69) is 20.9 Å². The van der Waals surface area contributed by atoms with Gasteiger partial charge in [0.25, 0.3) is 0 Å². The van der Waals surface area contributed by atoms with Crippen LogP contribution in [-0.2, 0) is 24.0 Å². The molecule has 4 atom stereocenters. The molecule has 4 amide bonds. The van der Waals surface area contributed by atoms with Gasteiger partial charge in [-0.1, -0.05) is 45.2 Å². The maximum Gasteiger partial charge on any atom is 0.329 e. The minimum absolute atomic E-state index is 0.0328. The summed E-state index contributed by atoms with van der Waals surface area (Å²) >= 11 is 0. The molecule has 3 aliphatic rings. The van der Waals surface area contributed by atoms with Gasteiger partial charge >= 0.3 is 5.97 Å². The van der Waals surface area contributed by atoms with Gasteiger partial charge in [0.2, 0.25) is 23.6 Å². The van der Waals surface area contributed by atoms with Gasteiger partial charge < -0.3 is 30.7 Å². The Balaban J connectivity index is 1.38. The number of fused-ring (bicyclic) bond motifs is 1. The van der Waals surface area contributed by atoms with Gasteiger partial charge in [0, 0.05) is 24.9 Å². The van der Waals surface area contributed by atoms with Crippen molar-refractivity contribution in [2.45, 2.75) is 102 Å². The first-order valence-electron chi connectivity index (χ1n) is 15.9. The van der Waals surface area contributed by atoms with Crippen LogP contribution < -0.4 is 20.7 Å². The number of pyridine rings is 1. The first-order chi connectivity index (χ1) is 21.5. The zero-order valence-electron chi connectivity index (χ0n) is 26.1. The van der Waals surface area contributed by atoms with E-state index >= 15 is 0 Å². The van der Waals surface area contributed by atoms with Crippen molar-refractivity contribution in [1.82, 2.24) is 25.8 Å². The molecule has 1 aromatic heterocycles. The Bertz CT molecular complexity index is 1450. The number of carbonyl (C=O) groups excluding carboxylic acids is 4. The van der Waals surface area contributed by atoms with Gasteiger partial charge in [-0.2, -0.15) is 0 Å². The molecular weight excluding hydrogens is 578 g/mol. The van der Waals surface area contributed by atoms with E-state index < -0.39 is 53.5 Å². The van der Waals surface area contributed by atoms with Crippen molar-refractivity contribution in [1.29, 1.82) is 0 Å². The van der Waals surface area contributed by atoms with Gasteiger partial charge in [0.05, 0.1) is 12.1 Å². The van der Waals surface area contributed by atoms with Crippen LogP contribution in [0, 0.1) is 11.8 Å². The van der Waals surface area contributed by atoms with E-state index in [-0.39, 0.29) is 30.7 Å². The minimum atomic E-state index is -1.33. The molecule has 4 N–H and O–H groups in total. The quantitative estimate of drug-likeness (QED) is 0.297. The lowest BCUT2D eigenvalue weighted by molar-refractivity contribution is -0.146. The minimum Gasteiger partial charge on any atom is -0.488 e. The Kier molecular flexibility index (Phi) is 9.59. The van der Waals surface area contributed by atoms with Gasteiger partial charge in [-0.05, 0) is 55.7 Å².